The summed E-state index contributed by atoms with van der Waals surface area (Å²) >= 11 is 7.01. The first-order valence-corrected chi connectivity index (χ1v) is 8.09. The van der Waals surface area contributed by atoms with E-state index in [9.17, 15) is 4.79 Å². The minimum Gasteiger partial charge on any atom is -0.335 e. The lowest BCUT2D eigenvalue weighted by atomic mass is 10.0. The molecule has 1 aromatic rings. The zero-order chi connectivity index (χ0) is 13.3. The number of amides is 1. The number of hydrogen-bond donors (Lipinski definition) is 0. The summed E-state index contributed by atoms with van der Waals surface area (Å²) in [5, 5.41) is 0.851. The van der Waals surface area contributed by atoms with E-state index in [1.54, 1.807) is 0 Å². The Labute approximate surface area is 125 Å². The van der Waals surface area contributed by atoms with Crippen LogP contribution in [-0.4, -0.2) is 28.7 Å². The van der Waals surface area contributed by atoms with Crippen molar-refractivity contribution in [1.82, 2.24) is 4.90 Å². The maximum atomic E-state index is 12.6. The lowest BCUT2D eigenvalue weighted by Gasteiger charge is -2.25. The fourth-order valence-electron chi connectivity index (χ4n) is 2.44. The van der Waals surface area contributed by atoms with Gasteiger partial charge in [-0.15, -0.1) is 0 Å². The second kappa shape index (κ2) is 5.74. The van der Waals surface area contributed by atoms with Crippen LogP contribution in [0.1, 0.15) is 29.3 Å². The number of likely N-dealkylation sites (tertiary alicyclic amines) is 1. The number of nitrogens with zero attached hydrogens (tertiary/aromatic N) is 1. The second-order valence-corrected chi connectivity index (χ2v) is 6.47. The van der Waals surface area contributed by atoms with Crippen molar-refractivity contribution in [2.45, 2.75) is 26.3 Å². The maximum absolute atomic E-state index is 12.6. The molecule has 2 atom stereocenters. The van der Waals surface area contributed by atoms with Crippen molar-refractivity contribution >= 4 is 37.8 Å². The Bertz CT molecular complexity index is 461. The number of carbonyl (C=O) groups is 1. The van der Waals surface area contributed by atoms with E-state index in [1.165, 1.54) is 0 Å². The molecule has 1 fully saturated rings. The third-order valence-corrected chi connectivity index (χ3v) is 4.98. The zero-order valence-electron chi connectivity index (χ0n) is 10.6. The molecule has 98 valence electrons. The van der Waals surface area contributed by atoms with Gasteiger partial charge in [-0.3, -0.25) is 4.79 Å². The molecular weight excluding hydrogens is 358 g/mol. The van der Waals surface area contributed by atoms with Crippen LogP contribution in [0.3, 0.4) is 0 Å². The summed E-state index contributed by atoms with van der Waals surface area (Å²) in [4.78, 5) is 14.6. The van der Waals surface area contributed by atoms with Crippen LogP contribution in [0, 0.1) is 12.8 Å². The fourth-order valence-corrected chi connectivity index (χ4v) is 4.09. The Kier molecular flexibility index (Phi) is 4.49. The number of carbonyl (C=O) groups excluding carboxylic acids is 1. The van der Waals surface area contributed by atoms with Crippen LogP contribution in [0.25, 0.3) is 0 Å². The first kappa shape index (κ1) is 14.1. The van der Waals surface area contributed by atoms with Gasteiger partial charge in [-0.1, -0.05) is 28.9 Å². The zero-order valence-corrected chi connectivity index (χ0v) is 13.8. The van der Waals surface area contributed by atoms with E-state index >= 15 is 0 Å². The van der Waals surface area contributed by atoms with Crippen molar-refractivity contribution in [3.05, 3.63) is 33.8 Å². The molecule has 0 aliphatic carbocycles. The Balaban J connectivity index is 2.26. The quantitative estimate of drug-likeness (QED) is 0.716. The molecule has 4 heteroatoms. The number of alkyl halides is 1. The van der Waals surface area contributed by atoms with Gasteiger partial charge in [0.25, 0.3) is 5.91 Å². The highest BCUT2D eigenvalue weighted by Crippen LogP contribution is 2.29. The van der Waals surface area contributed by atoms with Crippen molar-refractivity contribution in [2.75, 3.05) is 11.9 Å². The van der Waals surface area contributed by atoms with Gasteiger partial charge in [0.05, 0.1) is 5.56 Å². The molecule has 1 amide bonds. The first-order chi connectivity index (χ1) is 8.54. The van der Waals surface area contributed by atoms with Crippen molar-refractivity contribution in [2.24, 2.45) is 5.92 Å². The predicted molar refractivity (Wildman–Crippen MR) is 81.3 cm³/mol. The van der Waals surface area contributed by atoms with Crippen LogP contribution in [0.5, 0.6) is 0 Å². The Morgan fingerprint density at radius 3 is 2.83 bits per heavy atom. The number of rotatable bonds is 2. The molecule has 1 aromatic carbocycles. The van der Waals surface area contributed by atoms with Crippen LogP contribution < -0.4 is 0 Å². The predicted octanol–water partition coefficient (Wildman–Crippen LogP) is 4.00. The topological polar surface area (TPSA) is 20.3 Å². The molecule has 1 aliphatic heterocycles. The molecule has 1 saturated heterocycles. The molecule has 0 radical (unpaired) electrons. The van der Waals surface area contributed by atoms with Gasteiger partial charge >= 0.3 is 0 Å². The third-order valence-electron chi connectivity index (χ3n) is 3.66. The van der Waals surface area contributed by atoms with Crippen molar-refractivity contribution in [3.63, 3.8) is 0 Å². The van der Waals surface area contributed by atoms with Gasteiger partial charge < -0.3 is 4.90 Å². The lowest BCUT2D eigenvalue weighted by molar-refractivity contribution is 0.0738. The molecule has 0 N–H and O–H groups in total. The van der Waals surface area contributed by atoms with E-state index in [1.807, 2.05) is 30.0 Å². The molecular formula is C14H17Br2NO. The maximum Gasteiger partial charge on any atom is 0.255 e. The Morgan fingerprint density at radius 1 is 1.50 bits per heavy atom. The normalized spacial score (nSPS) is 23.4. The summed E-state index contributed by atoms with van der Waals surface area (Å²) in [7, 11) is 0. The van der Waals surface area contributed by atoms with Crippen LogP contribution >= 0.6 is 31.9 Å². The summed E-state index contributed by atoms with van der Waals surface area (Å²) in [6.07, 6.45) is 1.09. The van der Waals surface area contributed by atoms with Crippen molar-refractivity contribution in [3.8, 4) is 0 Å². The molecule has 2 nitrogen and oxygen atoms in total. The van der Waals surface area contributed by atoms with Gasteiger partial charge in [-0.2, -0.15) is 0 Å². The van der Waals surface area contributed by atoms with Crippen LogP contribution in [0.4, 0.5) is 0 Å². The van der Waals surface area contributed by atoms with Gasteiger partial charge in [0.1, 0.15) is 0 Å². The minimum atomic E-state index is 0.135. The summed E-state index contributed by atoms with van der Waals surface area (Å²) < 4.78 is 0.889. The van der Waals surface area contributed by atoms with E-state index < -0.39 is 0 Å². The largest absolute Gasteiger partial charge is 0.335 e. The van der Waals surface area contributed by atoms with E-state index in [4.69, 9.17) is 0 Å². The van der Waals surface area contributed by atoms with Gasteiger partial charge in [-0.05, 0) is 52.9 Å². The number of hydrogen-bond acceptors (Lipinski definition) is 1. The molecule has 1 aliphatic rings. The monoisotopic (exact) mass is 373 g/mol. The number of aryl methyl sites for hydroxylation is 1. The third kappa shape index (κ3) is 2.64. The molecule has 18 heavy (non-hydrogen) atoms. The highest BCUT2D eigenvalue weighted by molar-refractivity contribution is 9.10. The SMILES string of the molecule is Cc1ccc(C(=O)N2CCC(C)C2CBr)c(Br)c1. The van der Waals surface area contributed by atoms with Crippen molar-refractivity contribution in [1.29, 1.82) is 0 Å². The number of halogens is 2. The molecule has 1 heterocycles. The van der Waals surface area contributed by atoms with E-state index in [0.717, 1.165) is 33.9 Å². The molecule has 2 rings (SSSR count). The molecule has 0 spiro atoms. The van der Waals surface area contributed by atoms with Crippen LogP contribution in [0.2, 0.25) is 0 Å². The minimum absolute atomic E-state index is 0.135. The molecule has 2 unspecified atom stereocenters. The van der Waals surface area contributed by atoms with Gasteiger partial charge in [0.15, 0.2) is 0 Å². The van der Waals surface area contributed by atoms with Gasteiger partial charge in [-0.25, -0.2) is 0 Å². The summed E-state index contributed by atoms with van der Waals surface area (Å²) in [5.74, 6) is 0.702. The van der Waals surface area contributed by atoms with E-state index in [0.29, 0.717) is 12.0 Å². The summed E-state index contributed by atoms with van der Waals surface area (Å²) in [5.41, 5.74) is 1.92. The second-order valence-electron chi connectivity index (χ2n) is 4.97. The van der Waals surface area contributed by atoms with Gasteiger partial charge in [0.2, 0.25) is 0 Å². The summed E-state index contributed by atoms with van der Waals surface area (Å²) in [6, 6.07) is 6.21. The molecule has 0 bridgehead atoms. The molecule has 0 aromatic heterocycles. The standard InChI is InChI=1S/C14H17Br2NO/c1-9-3-4-11(12(16)7-9)14(18)17-6-5-10(2)13(17)8-15/h3-4,7,10,13H,5-6,8H2,1-2H3. The fraction of sp³-hybridized carbons (Fsp3) is 0.500. The highest BCUT2D eigenvalue weighted by atomic mass is 79.9. The Hall–Kier alpha value is -0.350. The number of benzene rings is 1. The van der Waals surface area contributed by atoms with Gasteiger partial charge in [0, 0.05) is 22.4 Å². The Morgan fingerprint density at radius 2 is 2.22 bits per heavy atom. The van der Waals surface area contributed by atoms with E-state index in [2.05, 4.69) is 38.8 Å². The van der Waals surface area contributed by atoms with Crippen LogP contribution in [0.15, 0.2) is 22.7 Å². The average molecular weight is 375 g/mol. The summed E-state index contributed by atoms with van der Waals surface area (Å²) in [6.45, 7) is 5.10. The van der Waals surface area contributed by atoms with E-state index in [-0.39, 0.29) is 5.91 Å². The molecule has 0 saturated carbocycles. The lowest BCUT2D eigenvalue weighted by Crippen LogP contribution is -2.38. The van der Waals surface area contributed by atoms with Crippen molar-refractivity contribution < 1.29 is 4.79 Å². The highest BCUT2D eigenvalue weighted by Gasteiger charge is 2.34. The average Bonchev–Trinajstić information content (AvgIpc) is 2.69. The smallest absolute Gasteiger partial charge is 0.255 e. The van der Waals surface area contributed by atoms with Crippen LogP contribution in [-0.2, 0) is 0 Å². The first-order valence-electron chi connectivity index (χ1n) is 6.17.